The number of anilines is 1. The number of hydrogen-bond acceptors (Lipinski definition) is 4. The minimum atomic E-state index is -0.348. The predicted octanol–water partition coefficient (Wildman–Crippen LogP) is 3.19. The summed E-state index contributed by atoms with van der Waals surface area (Å²) in [5.41, 5.74) is 1.04. The van der Waals surface area contributed by atoms with Crippen LogP contribution in [0.25, 0.3) is 0 Å². The zero-order valence-corrected chi connectivity index (χ0v) is 12.6. The van der Waals surface area contributed by atoms with Crippen molar-refractivity contribution in [1.82, 2.24) is 4.98 Å². The fraction of sp³-hybridized carbons (Fsp3) is 0.278. The van der Waals surface area contributed by atoms with E-state index < -0.39 is 0 Å². The number of carbonyl (C=O) groups excluding carboxylic acids is 1. The van der Waals surface area contributed by atoms with Gasteiger partial charge in [-0.3, -0.25) is 4.79 Å². The molecule has 1 aliphatic heterocycles. The van der Waals surface area contributed by atoms with E-state index in [-0.39, 0.29) is 17.5 Å². The predicted molar refractivity (Wildman–Crippen MR) is 84.6 cm³/mol. The van der Waals surface area contributed by atoms with E-state index in [4.69, 9.17) is 0 Å². The maximum atomic E-state index is 13.0. The lowest BCUT2D eigenvalue weighted by Gasteiger charge is -2.33. The number of hydrogen-bond donors (Lipinski definition) is 0. The Kier molecular flexibility index (Phi) is 4.33. The average Bonchev–Trinajstić information content (AvgIpc) is 2.62. The van der Waals surface area contributed by atoms with Gasteiger partial charge in [-0.15, -0.1) is 0 Å². The van der Waals surface area contributed by atoms with E-state index in [0.29, 0.717) is 23.5 Å². The van der Waals surface area contributed by atoms with Gasteiger partial charge >= 0.3 is 0 Å². The standard InChI is InChI=1S/C18H16FN3O/c19-16-7-5-13(6-8-16)17(23)15-4-2-10-22(12-15)18-14(11-20)3-1-9-21-18/h1,3,5-9,15H,2,4,10,12H2/t15-/m1/s1. The van der Waals surface area contributed by atoms with E-state index in [1.165, 1.54) is 24.3 Å². The third-order valence-corrected chi connectivity index (χ3v) is 4.13. The molecule has 1 aromatic heterocycles. The Hall–Kier alpha value is -2.74. The average molecular weight is 309 g/mol. The highest BCUT2D eigenvalue weighted by Gasteiger charge is 2.28. The first kappa shape index (κ1) is 15.2. The van der Waals surface area contributed by atoms with Gasteiger partial charge in [-0.05, 0) is 49.2 Å². The molecule has 2 heterocycles. The number of aromatic nitrogens is 1. The number of rotatable bonds is 3. The smallest absolute Gasteiger partial charge is 0.167 e. The molecule has 0 spiro atoms. The summed E-state index contributed by atoms with van der Waals surface area (Å²) in [5.74, 6) is 0.137. The highest BCUT2D eigenvalue weighted by molar-refractivity contribution is 5.98. The summed E-state index contributed by atoms with van der Waals surface area (Å²) in [4.78, 5) is 18.9. The molecular weight excluding hydrogens is 293 g/mol. The lowest BCUT2D eigenvalue weighted by Crippen LogP contribution is -2.39. The van der Waals surface area contributed by atoms with E-state index in [1.807, 2.05) is 4.90 Å². The van der Waals surface area contributed by atoms with Gasteiger partial charge in [0.05, 0.1) is 5.56 Å². The lowest BCUT2D eigenvalue weighted by molar-refractivity contribution is 0.0907. The topological polar surface area (TPSA) is 57.0 Å². The van der Waals surface area contributed by atoms with Crippen molar-refractivity contribution in [3.05, 3.63) is 59.5 Å². The molecule has 0 radical (unpaired) electrons. The second-order valence-electron chi connectivity index (χ2n) is 5.64. The van der Waals surface area contributed by atoms with Gasteiger partial charge in [0.25, 0.3) is 0 Å². The third kappa shape index (κ3) is 3.21. The van der Waals surface area contributed by atoms with Crippen molar-refractivity contribution in [2.75, 3.05) is 18.0 Å². The summed E-state index contributed by atoms with van der Waals surface area (Å²) < 4.78 is 13.0. The molecule has 0 bridgehead atoms. The first-order valence-corrected chi connectivity index (χ1v) is 7.59. The second kappa shape index (κ2) is 6.57. The summed E-state index contributed by atoms with van der Waals surface area (Å²) in [5, 5.41) is 9.21. The molecule has 1 aromatic carbocycles. The molecule has 1 atom stereocenters. The molecule has 0 amide bonds. The zero-order valence-electron chi connectivity index (χ0n) is 12.6. The van der Waals surface area contributed by atoms with Crippen molar-refractivity contribution < 1.29 is 9.18 Å². The van der Waals surface area contributed by atoms with Gasteiger partial charge in [0.15, 0.2) is 5.78 Å². The van der Waals surface area contributed by atoms with Crippen LogP contribution in [0.5, 0.6) is 0 Å². The minimum Gasteiger partial charge on any atom is -0.355 e. The number of pyridine rings is 1. The minimum absolute atomic E-state index is 0.0177. The van der Waals surface area contributed by atoms with Gasteiger partial charge in [-0.1, -0.05) is 0 Å². The maximum Gasteiger partial charge on any atom is 0.167 e. The molecule has 116 valence electrons. The summed E-state index contributed by atoms with van der Waals surface area (Å²) in [6.45, 7) is 1.31. The molecule has 0 unspecified atom stereocenters. The Morgan fingerprint density at radius 2 is 2.09 bits per heavy atom. The van der Waals surface area contributed by atoms with Crippen LogP contribution in [0, 0.1) is 23.1 Å². The van der Waals surface area contributed by atoms with Gasteiger partial charge in [-0.2, -0.15) is 5.26 Å². The number of benzene rings is 1. The van der Waals surface area contributed by atoms with Gasteiger partial charge in [0.1, 0.15) is 17.7 Å². The van der Waals surface area contributed by atoms with Crippen molar-refractivity contribution in [3.63, 3.8) is 0 Å². The van der Waals surface area contributed by atoms with Crippen LogP contribution in [0.3, 0.4) is 0 Å². The van der Waals surface area contributed by atoms with Gasteiger partial charge in [-0.25, -0.2) is 9.37 Å². The fourth-order valence-corrected chi connectivity index (χ4v) is 2.97. The molecular formula is C18H16FN3O. The highest BCUT2D eigenvalue weighted by atomic mass is 19.1. The normalized spacial score (nSPS) is 17.6. The van der Waals surface area contributed by atoms with E-state index in [2.05, 4.69) is 11.1 Å². The van der Waals surface area contributed by atoms with Crippen LogP contribution in [0.4, 0.5) is 10.2 Å². The van der Waals surface area contributed by atoms with E-state index in [1.54, 1.807) is 18.3 Å². The first-order chi connectivity index (χ1) is 11.2. The van der Waals surface area contributed by atoms with Crippen molar-refractivity contribution in [1.29, 1.82) is 5.26 Å². The molecule has 0 N–H and O–H groups in total. The molecule has 5 heteroatoms. The summed E-state index contributed by atoms with van der Waals surface area (Å²) in [6, 6.07) is 11.3. The number of Topliss-reactive ketones (excluding diaryl/α,β-unsaturated/α-hetero) is 1. The summed E-state index contributed by atoms with van der Waals surface area (Å²) in [6.07, 6.45) is 3.31. The number of ketones is 1. The van der Waals surface area contributed by atoms with Crippen LogP contribution in [-0.2, 0) is 0 Å². The fourth-order valence-electron chi connectivity index (χ4n) is 2.97. The Balaban J connectivity index is 1.79. The Morgan fingerprint density at radius 3 is 2.83 bits per heavy atom. The van der Waals surface area contributed by atoms with Gasteiger partial charge < -0.3 is 4.90 Å². The lowest BCUT2D eigenvalue weighted by atomic mass is 9.90. The number of nitrogens with zero attached hydrogens (tertiary/aromatic N) is 3. The quantitative estimate of drug-likeness (QED) is 0.817. The van der Waals surface area contributed by atoms with Crippen molar-refractivity contribution in [3.8, 4) is 6.07 Å². The molecule has 0 aliphatic carbocycles. The number of piperidine rings is 1. The van der Waals surface area contributed by atoms with Crippen LogP contribution >= 0.6 is 0 Å². The molecule has 2 aromatic rings. The first-order valence-electron chi connectivity index (χ1n) is 7.59. The molecule has 3 rings (SSSR count). The molecule has 4 nitrogen and oxygen atoms in total. The van der Waals surface area contributed by atoms with Crippen LogP contribution in [0.15, 0.2) is 42.6 Å². The molecule has 1 aliphatic rings. The molecule has 0 saturated carbocycles. The van der Waals surface area contributed by atoms with E-state index in [0.717, 1.165) is 19.4 Å². The SMILES string of the molecule is N#Cc1cccnc1N1CCC[C@@H](C(=O)c2ccc(F)cc2)C1. The van der Waals surface area contributed by atoms with E-state index in [9.17, 15) is 14.4 Å². The van der Waals surface area contributed by atoms with Crippen molar-refractivity contribution in [2.24, 2.45) is 5.92 Å². The number of halogens is 1. The largest absolute Gasteiger partial charge is 0.355 e. The van der Waals surface area contributed by atoms with Crippen LogP contribution in [0.1, 0.15) is 28.8 Å². The van der Waals surface area contributed by atoms with Crippen molar-refractivity contribution >= 4 is 11.6 Å². The Labute approximate surface area is 134 Å². The zero-order chi connectivity index (χ0) is 16.2. The highest BCUT2D eigenvalue weighted by Crippen LogP contribution is 2.26. The number of nitriles is 1. The summed E-state index contributed by atoms with van der Waals surface area (Å²) >= 11 is 0. The van der Waals surface area contributed by atoms with Crippen LogP contribution < -0.4 is 4.90 Å². The molecule has 23 heavy (non-hydrogen) atoms. The Bertz CT molecular complexity index is 752. The molecule has 1 fully saturated rings. The second-order valence-corrected chi connectivity index (χ2v) is 5.64. The van der Waals surface area contributed by atoms with Crippen molar-refractivity contribution in [2.45, 2.75) is 12.8 Å². The number of carbonyl (C=O) groups is 1. The monoisotopic (exact) mass is 309 g/mol. The molecule has 1 saturated heterocycles. The van der Waals surface area contributed by atoms with E-state index >= 15 is 0 Å². The van der Waals surface area contributed by atoms with Crippen LogP contribution in [0.2, 0.25) is 0 Å². The maximum absolute atomic E-state index is 13.0. The summed E-state index contributed by atoms with van der Waals surface area (Å²) in [7, 11) is 0. The van der Waals surface area contributed by atoms with Gasteiger partial charge in [0.2, 0.25) is 0 Å². The Morgan fingerprint density at radius 1 is 1.30 bits per heavy atom. The van der Waals surface area contributed by atoms with Gasteiger partial charge in [0, 0.05) is 30.8 Å². The van der Waals surface area contributed by atoms with Crippen LogP contribution in [-0.4, -0.2) is 23.9 Å². The third-order valence-electron chi connectivity index (χ3n) is 4.13.